The molecule has 1 fully saturated rings. The second-order valence-electron chi connectivity index (χ2n) is 21.2. The minimum Gasteiger partial charge on any atom is -0.311 e. The molecule has 0 aromatic heterocycles. The summed E-state index contributed by atoms with van der Waals surface area (Å²) in [5.74, 6) is 0. The van der Waals surface area contributed by atoms with E-state index in [2.05, 4.69) is 323 Å². The number of para-hydroxylation sites is 4. The van der Waals surface area contributed by atoms with E-state index in [1.165, 1.54) is 70.8 Å². The monoisotopic (exact) mass is 1030 g/mol. The molecule has 12 aromatic carbocycles. The predicted octanol–water partition coefficient (Wildman–Crippen LogP) is 21.6. The Bertz CT molecular complexity index is 3980. The molecule has 80 heavy (non-hydrogen) atoms. The van der Waals surface area contributed by atoms with Crippen LogP contribution < -0.4 is 19.6 Å². The smallest absolute Gasteiger partial charge is 0.0540 e. The van der Waals surface area contributed by atoms with E-state index in [4.69, 9.17) is 0 Å². The summed E-state index contributed by atoms with van der Waals surface area (Å²) in [6.45, 7) is 0. The van der Waals surface area contributed by atoms with Crippen molar-refractivity contribution in [3.63, 3.8) is 0 Å². The van der Waals surface area contributed by atoms with Crippen LogP contribution in [0.25, 0.3) is 33.0 Å². The van der Waals surface area contributed by atoms with Crippen molar-refractivity contribution in [3.05, 3.63) is 314 Å². The van der Waals surface area contributed by atoms with E-state index in [1.54, 1.807) is 0 Å². The summed E-state index contributed by atoms with van der Waals surface area (Å²) in [7, 11) is 0. The van der Waals surface area contributed by atoms with Crippen LogP contribution in [0.4, 0.5) is 68.2 Å². The zero-order valence-electron chi connectivity index (χ0n) is 44.7. The van der Waals surface area contributed by atoms with Gasteiger partial charge in [0.25, 0.3) is 0 Å². The van der Waals surface area contributed by atoms with Crippen LogP contribution in [0.3, 0.4) is 0 Å². The van der Waals surface area contributed by atoms with E-state index >= 15 is 0 Å². The summed E-state index contributed by atoms with van der Waals surface area (Å²) in [5.41, 5.74) is 21.4. The molecule has 0 saturated heterocycles. The Kier molecular flexibility index (Phi) is 12.8. The van der Waals surface area contributed by atoms with Crippen molar-refractivity contribution in [2.45, 2.75) is 37.5 Å². The fourth-order valence-electron chi connectivity index (χ4n) is 12.9. The van der Waals surface area contributed by atoms with Crippen molar-refractivity contribution < 1.29 is 0 Å². The Morgan fingerprint density at radius 3 is 1.07 bits per heavy atom. The normalized spacial score (nSPS) is 13.1. The van der Waals surface area contributed by atoms with Crippen molar-refractivity contribution in [1.29, 1.82) is 0 Å². The van der Waals surface area contributed by atoms with Crippen molar-refractivity contribution in [2.75, 3.05) is 19.6 Å². The maximum absolute atomic E-state index is 2.53. The predicted molar refractivity (Wildman–Crippen MR) is 337 cm³/mol. The number of nitrogens with zero attached hydrogens (tertiary/aromatic N) is 4. The molecule has 0 heterocycles. The molecule has 12 aromatic rings. The van der Waals surface area contributed by atoms with Gasteiger partial charge < -0.3 is 19.6 Å². The number of benzene rings is 12. The Morgan fingerprint density at radius 1 is 0.237 bits per heavy atom. The van der Waals surface area contributed by atoms with Gasteiger partial charge in [0.1, 0.15) is 0 Å². The first kappa shape index (κ1) is 48.5. The summed E-state index contributed by atoms with van der Waals surface area (Å²) >= 11 is 0. The third kappa shape index (κ3) is 8.95. The van der Waals surface area contributed by atoms with E-state index < -0.39 is 0 Å². The molecule has 384 valence electrons. The van der Waals surface area contributed by atoms with Gasteiger partial charge in [0.05, 0.1) is 5.69 Å². The third-order valence-corrected chi connectivity index (χ3v) is 16.6. The second kappa shape index (κ2) is 21.1. The SMILES string of the molecule is c1ccc(N(c2ccccc2)c2ccc(N(c3ccc(-c4ccc(N(c5ccc(N(c6ccccc6)c6ccccc6)cc5)c5cccc6ccccc56)cc4)cc3)c3ccc4c(c3)C3(CCCCC3)c3ccccc3-4)cc2)cc1. The van der Waals surface area contributed by atoms with Gasteiger partial charge >= 0.3 is 0 Å². The highest BCUT2D eigenvalue weighted by molar-refractivity contribution is 5.99. The van der Waals surface area contributed by atoms with Crippen molar-refractivity contribution in [1.82, 2.24) is 0 Å². The first-order chi connectivity index (χ1) is 39.7. The van der Waals surface area contributed by atoms with Crippen molar-refractivity contribution >= 4 is 79.0 Å². The number of anilines is 12. The van der Waals surface area contributed by atoms with Gasteiger partial charge in [0.2, 0.25) is 0 Å². The molecule has 0 aliphatic heterocycles. The number of fused-ring (bicyclic) bond motifs is 6. The van der Waals surface area contributed by atoms with Crippen LogP contribution in [-0.4, -0.2) is 0 Å². The van der Waals surface area contributed by atoms with Crippen LogP contribution in [-0.2, 0) is 5.41 Å². The molecule has 1 spiro atoms. The standard InChI is InChI=1S/C76H60N4/c1-6-23-59(24-7-1)77(60-25-8-2-9-26-60)64-43-45-66(46-44-64)79(69-51-52-72-71-32-16-17-33-73(71)76(74(72)55-69)53-18-5-19-54-76)63-39-35-56(36-40-63)57-37-41-67(42-38-57)80(75-34-20-22-58-21-14-15-31-70(58)75)68-49-47-65(48-50-68)78(61-27-10-3-11-28-61)62-29-12-4-13-30-62/h1-4,6-17,20-52,55H,5,18-19,53-54H2. The van der Waals surface area contributed by atoms with E-state index in [0.717, 1.165) is 73.7 Å². The molecule has 0 N–H and O–H groups in total. The zero-order chi connectivity index (χ0) is 53.2. The lowest BCUT2D eigenvalue weighted by Crippen LogP contribution is -2.28. The quantitative estimate of drug-likeness (QED) is 0.114. The highest BCUT2D eigenvalue weighted by Crippen LogP contribution is 2.57. The molecular formula is C76H60N4. The third-order valence-electron chi connectivity index (χ3n) is 16.6. The van der Waals surface area contributed by atoms with Crippen LogP contribution in [0.15, 0.2) is 303 Å². The lowest BCUT2D eigenvalue weighted by atomic mass is 9.68. The van der Waals surface area contributed by atoms with Gasteiger partial charge in [-0.1, -0.05) is 183 Å². The molecule has 2 aliphatic carbocycles. The molecule has 0 bridgehead atoms. The topological polar surface area (TPSA) is 13.0 Å². The van der Waals surface area contributed by atoms with Gasteiger partial charge in [-0.3, -0.25) is 0 Å². The van der Waals surface area contributed by atoms with E-state index in [9.17, 15) is 0 Å². The van der Waals surface area contributed by atoms with Crippen molar-refractivity contribution in [3.8, 4) is 22.3 Å². The molecule has 0 radical (unpaired) electrons. The summed E-state index contributed by atoms with van der Waals surface area (Å²) < 4.78 is 0. The number of rotatable bonds is 13. The molecule has 4 nitrogen and oxygen atoms in total. The van der Waals surface area contributed by atoms with E-state index in [-0.39, 0.29) is 5.41 Å². The lowest BCUT2D eigenvalue weighted by Gasteiger charge is -2.36. The average Bonchev–Trinajstić information content (AvgIpc) is 3.91. The highest BCUT2D eigenvalue weighted by atomic mass is 15.2. The van der Waals surface area contributed by atoms with Crippen LogP contribution in [0, 0.1) is 0 Å². The first-order valence-electron chi connectivity index (χ1n) is 28.2. The lowest BCUT2D eigenvalue weighted by molar-refractivity contribution is 0.353. The van der Waals surface area contributed by atoms with Crippen LogP contribution in [0.5, 0.6) is 0 Å². The summed E-state index contributed by atoms with van der Waals surface area (Å²) in [5, 5.41) is 2.40. The minimum absolute atomic E-state index is 0.0379. The van der Waals surface area contributed by atoms with Gasteiger partial charge in [0, 0.05) is 73.4 Å². The summed E-state index contributed by atoms with van der Waals surface area (Å²) in [6.07, 6.45) is 6.18. The van der Waals surface area contributed by atoms with E-state index in [0.29, 0.717) is 0 Å². The summed E-state index contributed by atoms with van der Waals surface area (Å²) in [6, 6.07) is 111. The number of hydrogen-bond donors (Lipinski definition) is 0. The molecule has 14 rings (SSSR count). The van der Waals surface area contributed by atoms with E-state index in [1.807, 2.05) is 0 Å². The first-order valence-corrected chi connectivity index (χ1v) is 28.2. The molecule has 0 amide bonds. The van der Waals surface area contributed by atoms with Gasteiger partial charge in [-0.2, -0.15) is 0 Å². The zero-order valence-corrected chi connectivity index (χ0v) is 44.7. The van der Waals surface area contributed by atoms with Crippen LogP contribution in [0.2, 0.25) is 0 Å². The number of hydrogen-bond acceptors (Lipinski definition) is 4. The van der Waals surface area contributed by atoms with Gasteiger partial charge in [-0.05, 0) is 191 Å². The Morgan fingerprint density at radius 2 is 0.588 bits per heavy atom. The maximum atomic E-state index is 2.53. The van der Waals surface area contributed by atoms with Crippen LogP contribution in [0.1, 0.15) is 43.2 Å². The Hall–Kier alpha value is -9.90. The molecule has 4 heteroatoms. The molecule has 1 saturated carbocycles. The fourth-order valence-corrected chi connectivity index (χ4v) is 12.9. The van der Waals surface area contributed by atoms with Gasteiger partial charge in [-0.15, -0.1) is 0 Å². The Labute approximate surface area is 470 Å². The molecular weight excluding hydrogens is 969 g/mol. The molecule has 0 unspecified atom stereocenters. The molecule has 0 atom stereocenters. The summed E-state index contributed by atoms with van der Waals surface area (Å²) in [4.78, 5) is 9.49. The van der Waals surface area contributed by atoms with Gasteiger partial charge in [-0.25, -0.2) is 0 Å². The second-order valence-corrected chi connectivity index (χ2v) is 21.2. The maximum Gasteiger partial charge on any atom is 0.0540 e. The Balaban J connectivity index is 0.827. The van der Waals surface area contributed by atoms with Gasteiger partial charge in [0.15, 0.2) is 0 Å². The average molecular weight is 1030 g/mol. The van der Waals surface area contributed by atoms with Crippen LogP contribution >= 0.6 is 0 Å². The largest absolute Gasteiger partial charge is 0.311 e. The fraction of sp³-hybridized carbons (Fsp3) is 0.0789. The highest BCUT2D eigenvalue weighted by Gasteiger charge is 2.44. The van der Waals surface area contributed by atoms with Crippen molar-refractivity contribution in [2.24, 2.45) is 0 Å². The molecule has 2 aliphatic rings. The minimum atomic E-state index is 0.0379.